The number of hydrogen-bond acceptors (Lipinski definition) is 9. The van der Waals surface area contributed by atoms with Crippen LogP contribution in [-0.2, 0) is 35.8 Å². The molecule has 1 unspecified atom stereocenters. The summed E-state index contributed by atoms with van der Waals surface area (Å²) in [5, 5.41) is 26.4. The third kappa shape index (κ3) is 8.93. The van der Waals surface area contributed by atoms with Gasteiger partial charge in [0.25, 0.3) is 0 Å². The standard InChI is InChI=1S/C50H58Cl2FN7O6/c51-32-14-19-36-39(27-32)56-48(66)50(36)42(35-8-6-9-37(52)43(35)53)44(58-49(50)22-3-1-4-23-49)46(63)55-34-17-12-31(13-18-34)28-60-26-25-59(29-40(60)47(64)65)24-5-2-7-30-10-15-33(16-11-30)54-38-20-21-41(61)57-45(38)62/h6,8-11,14-16,19,27-28,34,38,40,42,44,54,58H,1-5,7,12-13,17-18,20-26,29H2,(H,55,63)(H,56,66)(H,64,65)(H,57,61,62)/t34?,38?,40-,42-,44+,50+/m0/s1. The lowest BCUT2D eigenvalue weighted by Crippen LogP contribution is -2.60. The Hall–Kier alpha value is -5.02. The third-order valence-electron chi connectivity index (χ3n) is 15.1. The summed E-state index contributed by atoms with van der Waals surface area (Å²) in [5.41, 5.74) is 2.55. The highest BCUT2D eigenvalue weighted by Gasteiger charge is 2.72. The number of halogens is 3. The number of hydrogen-bond donors (Lipinski definition) is 6. The largest absolute Gasteiger partial charge is 0.480 e. The van der Waals surface area contributed by atoms with E-state index in [1.54, 1.807) is 24.3 Å². The summed E-state index contributed by atoms with van der Waals surface area (Å²) in [5.74, 6) is -3.49. The van der Waals surface area contributed by atoms with Gasteiger partial charge in [0, 0.05) is 60.0 Å². The number of nitrogens with one attached hydrogen (secondary N) is 5. The van der Waals surface area contributed by atoms with E-state index >= 15 is 4.39 Å². The van der Waals surface area contributed by atoms with Crippen LogP contribution in [0.15, 0.2) is 72.4 Å². The number of amides is 4. The van der Waals surface area contributed by atoms with Gasteiger partial charge in [-0.15, -0.1) is 0 Å². The number of carbonyl (C=O) groups excluding carboxylic acids is 4. The van der Waals surface area contributed by atoms with Gasteiger partial charge in [0.1, 0.15) is 23.3 Å². The molecule has 0 radical (unpaired) electrons. The van der Waals surface area contributed by atoms with Crippen LogP contribution >= 0.6 is 23.2 Å². The van der Waals surface area contributed by atoms with Crippen molar-refractivity contribution in [2.24, 2.45) is 0 Å². The number of allylic oxidation sites excluding steroid dienone is 1. The van der Waals surface area contributed by atoms with E-state index in [4.69, 9.17) is 23.2 Å². The lowest BCUT2D eigenvalue weighted by molar-refractivity contribution is -0.144. The normalized spacial score (nSPS) is 27.4. The van der Waals surface area contributed by atoms with Crippen LogP contribution in [0.5, 0.6) is 0 Å². The van der Waals surface area contributed by atoms with Gasteiger partial charge in [-0.25, -0.2) is 9.18 Å². The third-order valence-corrected chi connectivity index (χ3v) is 15.7. The Morgan fingerprint density at radius 3 is 2.42 bits per heavy atom. The SMILES string of the molecule is O=C1CCC(Nc2ccc(CCCCN3CCN(C=C4CCC(NC(=O)[C@@H]5NC6(CCCCC6)[C@@]6(C(=O)Nc7cc(Cl)ccc76)[C@H]5c5cccc(Cl)c5F)CC4)[C@H](C(=O)O)C3)cc2)C(=O)N1. The lowest BCUT2D eigenvalue weighted by Gasteiger charge is -2.47. The molecular weight excluding hydrogens is 884 g/mol. The molecule has 3 aromatic rings. The van der Waals surface area contributed by atoms with Crippen LogP contribution in [0.4, 0.5) is 15.8 Å². The number of aryl methyl sites for hydroxylation is 1. The molecule has 0 aromatic heterocycles. The molecule has 66 heavy (non-hydrogen) atoms. The predicted molar refractivity (Wildman–Crippen MR) is 251 cm³/mol. The predicted octanol–water partition coefficient (Wildman–Crippen LogP) is 7.03. The molecule has 16 heteroatoms. The van der Waals surface area contributed by atoms with Gasteiger partial charge in [-0.1, -0.05) is 78.4 Å². The first-order valence-electron chi connectivity index (χ1n) is 23.6. The van der Waals surface area contributed by atoms with E-state index in [0.29, 0.717) is 80.7 Å². The van der Waals surface area contributed by atoms with Gasteiger partial charge >= 0.3 is 5.97 Å². The van der Waals surface area contributed by atoms with Crippen molar-refractivity contribution in [3.63, 3.8) is 0 Å². The van der Waals surface area contributed by atoms with E-state index in [2.05, 4.69) is 31.5 Å². The Bertz CT molecular complexity index is 2400. The zero-order chi connectivity index (χ0) is 46.2. The molecule has 6 N–H and O–H groups in total. The molecule has 3 aromatic carbocycles. The van der Waals surface area contributed by atoms with Crippen LogP contribution < -0.4 is 26.6 Å². The Balaban J connectivity index is 0.809. The monoisotopic (exact) mass is 941 g/mol. The van der Waals surface area contributed by atoms with E-state index in [-0.39, 0.29) is 40.3 Å². The Morgan fingerprint density at radius 2 is 1.68 bits per heavy atom. The number of nitrogens with zero attached hydrogens (tertiary/aromatic N) is 2. The maximum absolute atomic E-state index is 16.3. The number of carbonyl (C=O) groups is 5. The molecule has 3 saturated heterocycles. The Labute approximate surface area is 394 Å². The van der Waals surface area contributed by atoms with Gasteiger partial charge in [0.15, 0.2) is 0 Å². The first-order chi connectivity index (χ1) is 31.8. The highest BCUT2D eigenvalue weighted by atomic mass is 35.5. The van der Waals surface area contributed by atoms with E-state index in [1.165, 1.54) is 11.6 Å². The number of aliphatic carboxylic acids is 1. The second-order valence-corrected chi connectivity index (χ2v) is 19.9. The van der Waals surface area contributed by atoms with Crippen molar-refractivity contribution in [1.29, 1.82) is 0 Å². The zero-order valence-corrected chi connectivity index (χ0v) is 38.5. The topological polar surface area (TPSA) is 172 Å². The summed E-state index contributed by atoms with van der Waals surface area (Å²) >= 11 is 12.9. The summed E-state index contributed by atoms with van der Waals surface area (Å²) in [6, 6.07) is 15.9. The van der Waals surface area contributed by atoms with E-state index in [9.17, 15) is 29.1 Å². The number of benzene rings is 3. The number of anilines is 2. The van der Waals surface area contributed by atoms with Gasteiger partial charge in [0.05, 0.1) is 11.1 Å². The van der Waals surface area contributed by atoms with Crippen LogP contribution in [-0.4, -0.2) is 100 Å². The number of unbranched alkanes of at least 4 members (excludes halogenated alkanes) is 1. The number of rotatable bonds is 12. The van der Waals surface area contributed by atoms with Gasteiger partial charge < -0.3 is 26.0 Å². The molecule has 2 aliphatic carbocycles. The van der Waals surface area contributed by atoms with Crippen molar-refractivity contribution >= 4 is 64.2 Å². The fraction of sp³-hybridized carbons (Fsp3) is 0.500. The summed E-state index contributed by atoms with van der Waals surface area (Å²) in [6.07, 6.45) is 12.3. The Kier molecular flexibility index (Phi) is 13.5. The van der Waals surface area contributed by atoms with Crippen molar-refractivity contribution in [3.05, 3.63) is 105 Å². The second-order valence-electron chi connectivity index (χ2n) is 19.1. The molecule has 0 bridgehead atoms. The summed E-state index contributed by atoms with van der Waals surface area (Å²) in [6.45, 7) is 2.59. The van der Waals surface area contributed by atoms with E-state index in [0.717, 1.165) is 62.9 Å². The molecular formula is C50H58Cl2FN7O6. The van der Waals surface area contributed by atoms with Crippen molar-refractivity contribution in [2.45, 2.75) is 131 Å². The smallest absolute Gasteiger partial charge is 0.327 e. The van der Waals surface area contributed by atoms with Crippen molar-refractivity contribution in [1.82, 2.24) is 25.8 Å². The van der Waals surface area contributed by atoms with Gasteiger partial charge in [0.2, 0.25) is 23.6 Å². The van der Waals surface area contributed by atoms with Crippen LogP contribution in [0.1, 0.15) is 106 Å². The first-order valence-corrected chi connectivity index (χ1v) is 24.3. The number of imide groups is 1. The highest BCUT2D eigenvalue weighted by molar-refractivity contribution is 6.31. The second kappa shape index (κ2) is 19.3. The highest BCUT2D eigenvalue weighted by Crippen LogP contribution is 2.63. The number of fused-ring (bicyclic) bond motifs is 3. The molecule has 4 amide bonds. The number of piperidine rings is 1. The van der Waals surface area contributed by atoms with E-state index < -0.39 is 46.8 Å². The minimum Gasteiger partial charge on any atom is -0.480 e. The maximum atomic E-state index is 16.3. The molecule has 5 atom stereocenters. The van der Waals surface area contributed by atoms with E-state index in [1.807, 2.05) is 41.4 Å². The molecule has 9 rings (SSSR count). The Morgan fingerprint density at radius 1 is 0.909 bits per heavy atom. The van der Waals surface area contributed by atoms with Crippen LogP contribution in [0.3, 0.4) is 0 Å². The van der Waals surface area contributed by atoms with Gasteiger partial charge in [-0.2, -0.15) is 0 Å². The van der Waals surface area contributed by atoms with Crippen LogP contribution in [0.25, 0.3) is 0 Å². The molecule has 13 nitrogen and oxygen atoms in total. The molecule has 4 aliphatic heterocycles. The summed E-state index contributed by atoms with van der Waals surface area (Å²) in [7, 11) is 0. The van der Waals surface area contributed by atoms with Crippen molar-refractivity contribution in [3.8, 4) is 0 Å². The lowest BCUT2D eigenvalue weighted by atomic mass is 9.55. The molecule has 6 aliphatic rings. The zero-order valence-electron chi connectivity index (χ0n) is 37.0. The summed E-state index contributed by atoms with van der Waals surface area (Å²) < 4.78 is 16.3. The van der Waals surface area contributed by atoms with Crippen LogP contribution in [0, 0.1) is 5.82 Å². The fourth-order valence-corrected chi connectivity index (χ4v) is 12.3. The average Bonchev–Trinajstić information content (AvgIpc) is 3.76. The van der Waals surface area contributed by atoms with Crippen LogP contribution in [0.2, 0.25) is 10.0 Å². The fourth-order valence-electron chi connectivity index (χ4n) is 11.9. The molecule has 4 heterocycles. The van der Waals surface area contributed by atoms with Gasteiger partial charge in [-0.3, -0.25) is 34.7 Å². The van der Waals surface area contributed by atoms with Crippen molar-refractivity contribution < 1.29 is 33.5 Å². The number of piperazine rings is 1. The quantitative estimate of drug-likeness (QED) is 0.0818. The first kappa shape index (κ1) is 46.1. The minimum atomic E-state index is -1.30. The molecule has 350 valence electrons. The minimum absolute atomic E-state index is 0.0709. The van der Waals surface area contributed by atoms with Crippen molar-refractivity contribution in [2.75, 3.05) is 36.8 Å². The number of carboxylic acids is 1. The average molecular weight is 943 g/mol. The van der Waals surface area contributed by atoms with Gasteiger partial charge in [-0.05, 0) is 124 Å². The maximum Gasteiger partial charge on any atom is 0.327 e. The molecule has 5 fully saturated rings. The summed E-state index contributed by atoms with van der Waals surface area (Å²) in [4.78, 5) is 69.8. The number of carboxylic acid groups (broad SMARTS) is 1. The molecule has 2 spiro atoms. The molecule has 2 saturated carbocycles.